The highest BCUT2D eigenvalue weighted by Gasteiger charge is 2.55. The van der Waals surface area contributed by atoms with Crippen molar-refractivity contribution >= 4 is 11.1 Å². The molecule has 1 atom stereocenters. The zero-order valence-corrected chi connectivity index (χ0v) is 36.9. The summed E-state index contributed by atoms with van der Waals surface area (Å²) >= 11 is 0. The van der Waals surface area contributed by atoms with E-state index in [0.29, 0.717) is 17.5 Å². The Kier molecular flexibility index (Phi) is 9.39. The summed E-state index contributed by atoms with van der Waals surface area (Å²) in [5, 5.41) is 0. The molecule has 3 nitrogen and oxygen atoms in total. The summed E-state index contributed by atoms with van der Waals surface area (Å²) in [4.78, 5) is 16.1. The lowest BCUT2D eigenvalue weighted by Crippen LogP contribution is -2.32. The Morgan fingerprint density at radius 2 is 0.909 bits per heavy atom. The Labute approximate surface area is 386 Å². The van der Waals surface area contributed by atoms with Crippen molar-refractivity contribution in [1.29, 1.82) is 0 Å². The molecule has 0 aliphatic heterocycles. The number of nitrogens with zero attached hydrogens (tertiary/aromatic N) is 3. The quantitative estimate of drug-likeness (QED) is 0.167. The summed E-state index contributed by atoms with van der Waals surface area (Å²) in [6.45, 7) is 4.47. The van der Waals surface area contributed by atoms with Crippen LogP contribution >= 0.6 is 0 Å². The molecule has 0 bridgehead atoms. The van der Waals surface area contributed by atoms with E-state index in [9.17, 15) is 0 Å². The fraction of sp³-hybridized carbons (Fsp3) is 0.0635. The Morgan fingerprint density at radius 3 is 1.50 bits per heavy atom. The summed E-state index contributed by atoms with van der Waals surface area (Å²) in [5.74, 6) is 1.89. The second kappa shape index (κ2) is 15.8. The van der Waals surface area contributed by atoms with Crippen molar-refractivity contribution in [3.8, 4) is 56.2 Å². The van der Waals surface area contributed by atoms with Gasteiger partial charge >= 0.3 is 0 Å². The number of hydrogen-bond donors (Lipinski definition) is 0. The van der Waals surface area contributed by atoms with E-state index in [-0.39, 0.29) is 0 Å². The Balaban J connectivity index is 1.11. The number of allylic oxidation sites excluding steroid dienone is 14. The first-order chi connectivity index (χ1) is 32.6. The van der Waals surface area contributed by atoms with Crippen LogP contribution in [-0.4, -0.2) is 15.0 Å². The summed E-state index contributed by atoms with van der Waals surface area (Å²) in [7, 11) is 0. The number of hydrogen-bond acceptors (Lipinski definition) is 3. The van der Waals surface area contributed by atoms with E-state index in [0.717, 1.165) is 44.5 Å². The number of aromatic nitrogens is 3. The van der Waals surface area contributed by atoms with Gasteiger partial charge in [-0.2, -0.15) is 0 Å². The van der Waals surface area contributed by atoms with Crippen molar-refractivity contribution in [3.05, 3.63) is 281 Å². The highest BCUT2D eigenvalue weighted by Crippen LogP contribution is 2.66. The van der Waals surface area contributed by atoms with Gasteiger partial charge in [-0.05, 0) is 110 Å². The van der Waals surface area contributed by atoms with Gasteiger partial charge in [0.1, 0.15) is 0 Å². The Hall–Kier alpha value is -8.27. The third-order valence-corrected chi connectivity index (χ3v) is 13.9. The van der Waals surface area contributed by atoms with Gasteiger partial charge < -0.3 is 0 Å². The standard InChI is InChI=1S/C63H45N3/c1-3-4-28-51-50-31-16-19-35-56(50)63(54-33-17-14-29-48(54)49-30-15-18-34-55(49)63)58(51)57-37-36-52(53-32-20-21-38-62(53,57)2)61-65-59(44-26-12-7-13-27-44)64-60(66-61)47-40-45(42-22-8-5-9-23-42)39-46(41-47)43-24-10-6-11-25-43/h3-41H,1-2H3/b4-3-,51-28+,58-57+. The van der Waals surface area contributed by atoms with Crippen molar-refractivity contribution in [3.63, 3.8) is 0 Å². The minimum Gasteiger partial charge on any atom is -0.208 e. The molecule has 1 heterocycles. The summed E-state index contributed by atoms with van der Waals surface area (Å²) in [5.41, 5.74) is 18.9. The summed E-state index contributed by atoms with van der Waals surface area (Å²) in [6, 6.07) is 65.2. The molecular formula is C63H45N3. The topological polar surface area (TPSA) is 38.7 Å². The predicted molar refractivity (Wildman–Crippen MR) is 272 cm³/mol. The van der Waals surface area contributed by atoms with Crippen LogP contribution < -0.4 is 0 Å². The zero-order chi connectivity index (χ0) is 44.2. The average molecular weight is 844 g/mol. The maximum atomic E-state index is 5.46. The van der Waals surface area contributed by atoms with Crippen LogP contribution in [0.25, 0.3) is 67.3 Å². The third kappa shape index (κ3) is 6.08. The maximum absolute atomic E-state index is 5.46. The first kappa shape index (κ1) is 39.3. The van der Waals surface area contributed by atoms with Crippen LogP contribution in [0.1, 0.15) is 41.9 Å². The number of fused-ring (bicyclic) bond motifs is 8. The number of rotatable bonds is 6. The molecular weight excluding hydrogens is 799 g/mol. The molecule has 4 aliphatic carbocycles. The van der Waals surface area contributed by atoms with Crippen LogP contribution in [0.2, 0.25) is 0 Å². The highest BCUT2D eigenvalue weighted by molar-refractivity contribution is 6.02. The monoisotopic (exact) mass is 843 g/mol. The van der Waals surface area contributed by atoms with Crippen LogP contribution in [0.5, 0.6) is 0 Å². The van der Waals surface area contributed by atoms with E-state index in [1.807, 2.05) is 18.2 Å². The lowest BCUT2D eigenvalue weighted by atomic mass is 9.61. The van der Waals surface area contributed by atoms with Gasteiger partial charge in [0, 0.05) is 22.1 Å². The smallest absolute Gasteiger partial charge is 0.164 e. The average Bonchev–Trinajstić information content (AvgIpc) is 3.84. The first-order valence-corrected chi connectivity index (χ1v) is 22.8. The lowest BCUT2D eigenvalue weighted by Gasteiger charge is -2.41. The lowest BCUT2D eigenvalue weighted by molar-refractivity contribution is 0.620. The predicted octanol–water partition coefficient (Wildman–Crippen LogP) is 15.3. The molecule has 8 aromatic rings. The summed E-state index contributed by atoms with van der Waals surface area (Å²) in [6.07, 6.45) is 20.3. The minimum atomic E-state index is -0.557. The summed E-state index contributed by atoms with van der Waals surface area (Å²) < 4.78 is 0. The fourth-order valence-corrected chi connectivity index (χ4v) is 11.0. The molecule has 0 N–H and O–H groups in total. The molecule has 1 spiro atoms. The van der Waals surface area contributed by atoms with Gasteiger partial charge in [0.25, 0.3) is 0 Å². The molecule has 0 saturated carbocycles. The molecule has 0 radical (unpaired) electrons. The third-order valence-electron chi connectivity index (χ3n) is 13.9. The second-order valence-electron chi connectivity index (χ2n) is 17.6. The van der Waals surface area contributed by atoms with Crippen LogP contribution in [0.4, 0.5) is 0 Å². The first-order valence-electron chi connectivity index (χ1n) is 22.8. The second-order valence-corrected chi connectivity index (χ2v) is 17.6. The van der Waals surface area contributed by atoms with Gasteiger partial charge in [-0.1, -0.05) is 218 Å². The van der Waals surface area contributed by atoms with Crippen molar-refractivity contribution in [1.82, 2.24) is 15.0 Å². The van der Waals surface area contributed by atoms with Crippen LogP contribution in [0.15, 0.2) is 253 Å². The van der Waals surface area contributed by atoms with Gasteiger partial charge in [-0.15, -0.1) is 0 Å². The van der Waals surface area contributed by atoms with Crippen molar-refractivity contribution in [2.24, 2.45) is 5.41 Å². The molecule has 312 valence electrons. The maximum Gasteiger partial charge on any atom is 0.164 e. The van der Waals surface area contributed by atoms with E-state index in [4.69, 9.17) is 15.0 Å². The Bertz CT molecular complexity index is 3370. The van der Waals surface area contributed by atoms with Crippen molar-refractivity contribution < 1.29 is 0 Å². The molecule has 4 aliphatic rings. The molecule has 0 fully saturated rings. The van der Waals surface area contributed by atoms with Crippen LogP contribution in [-0.2, 0) is 5.41 Å². The highest BCUT2D eigenvalue weighted by atomic mass is 15.0. The van der Waals surface area contributed by atoms with Gasteiger partial charge in [0.05, 0.1) is 5.41 Å². The molecule has 1 aromatic heterocycles. The van der Waals surface area contributed by atoms with Crippen LogP contribution in [0.3, 0.4) is 0 Å². The molecule has 0 amide bonds. The largest absolute Gasteiger partial charge is 0.208 e. The van der Waals surface area contributed by atoms with E-state index >= 15 is 0 Å². The fourth-order valence-electron chi connectivity index (χ4n) is 11.0. The van der Waals surface area contributed by atoms with Crippen molar-refractivity contribution in [2.45, 2.75) is 19.3 Å². The number of benzene rings is 7. The van der Waals surface area contributed by atoms with E-state index in [1.165, 1.54) is 50.1 Å². The van der Waals surface area contributed by atoms with Gasteiger partial charge in [-0.25, -0.2) is 15.0 Å². The molecule has 12 rings (SSSR count). The molecule has 66 heavy (non-hydrogen) atoms. The molecule has 0 saturated heterocycles. The van der Waals surface area contributed by atoms with E-state index < -0.39 is 10.8 Å². The zero-order valence-electron chi connectivity index (χ0n) is 36.9. The van der Waals surface area contributed by atoms with Gasteiger partial charge in [0.2, 0.25) is 0 Å². The molecule has 3 heteroatoms. The van der Waals surface area contributed by atoms with Crippen molar-refractivity contribution in [2.75, 3.05) is 0 Å². The van der Waals surface area contributed by atoms with Gasteiger partial charge in [-0.3, -0.25) is 0 Å². The molecule has 7 aromatic carbocycles. The van der Waals surface area contributed by atoms with E-state index in [1.54, 1.807) is 0 Å². The SMILES string of the molecule is C\C=C/C=C1/C(=C2/C=CC(c3nc(-c4ccccc4)nc(-c4cc(-c5ccccc5)cc(-c5ccccc5)c4)n3)=C3C=CC=CC32C)C2(c3ccccc31)c1ccccc1-c1ccccc12. The van der Waals surface area contributed by atoms with Crippen LogP contribution in [0, 0.1) is 5.41 Å². The van der Waals surface area contributed by atoms with E-state index in [2.05, 4.69) is 232 Å². The molecule has 1 unspecified atom stereocenters. The normalized spacial score (nSPS) is 19.1. The Morgan fingerprint density at radius 1 is 0.424 bits per heavy atom. The van der Waals surface area contributed by atoms with Gasteiger partial charge in [0.15, 0.2) is 17.5 Å². The minimum absolute atomic E-state index is 0.543.